The summed E-state index contributed by atoms with van der Waals surface area (Å²) in [6, 6.07) is 34.6. The van der Waals surface area contributed by atoms with E-state index >= 15 is 0 Å². The van der Waals surface area contributed by atoms with Crippen LogP contribution in [0.15, 0.2) is 146 Å². The Morgan fingerprint density at radius 3 is 0.833 bits per heavy atom. The second kappa shape index (κ2) is 14.3. The van der Waals surface area contributed by atoms with Crippen molar-refractivity contribution in [3.05, 3.63) is 180 Å². The molecule has 0 saturated carbocycles. The number of aromatic nitrogens is 6. The van der Waals surface area contributed by atoms with Gasteiger partial charge in [-0.2, -0.15) is 0 Å². The molecular weight excluding hydrogens is 589 g/mol. The van der Waals surface area contributed by atoms with Gasteiger partial charge in [0.2, 0.25) is 0 Å². The summed E-state index contributed by atoms with van der Waals surface area (Å²) in [5, 5.41) is 0. The fourth-order valence-corrected chi connectivity index (χ4v) is 4.77. The van der Waals surface area contributed by atoms with E-state index in [4.69, 9.17) is 0 Å². The third kappa shape index (κ3) is 7.53. The number of nitrogens with zero attached hydrogens (tertiary/aromatic N) is 6. The lowest BCUT2D eigenvalue weighted by Crippen LogP contribution is -1.89. The second-order valence-corrected chi connectivity index (χ2v) is 10.5. The SMILES string of the molecule is C(#Cc1ccnc(-c2ccccn2)c1)c1cc(C#Cc2ccnc(-c3ccccn3)c2)cc(C#Cc2ccnc(-c3ccccn3)c2)c1. The third-order valence-electron chi connectivity index (χ3n) is 7.05. The summed E-state index contributed by atoms with van der Waals surface area (Å²) in [6.07, 6.45) is 10.5. The molecule has 0 saturated heterocycles. The topological polar surface area (TPSA) is 77.3 Å². The van der Waals surface area contributed by atoms with Gasteiger partial charge in [-0.25, -0.2) is 0 Å². The molecule has 0 radical (unpaired) electrons. The summed E-state index contributed by atoms with van der Waals surface area (Å²) in [6.45, 7) is 0. The Labute approximate surface area is 278 Å². The van der Waals surface area contributed by atoms with Gasteiger partial charge in [0.15, 0.2) is 0 Å². The zero-order chi connectivity index (χ0) is 32.4. The van der Waals surface area contributed by atoms with Gasteiger partial charge in [-0.15, -0.1) is 0 Å². The molecule has 0 spiro atoms. The van der Waals surface area contributed by atoms with E-state index in [1.165, 1.54) is 0 Å². The van der Waals surface area contributed by atoms with Crippen molar-refractivity contribution in [1.29, 1.82) is 0 Å². The Bertz CT molecular complexity index is 2120. The molecule has 0 unspecified atom stereocenters. The van der Waals surface area contributed by atoms with Crippen molar-refractivity contribution in [2.75, 3.05) is 0 Å². The summed E-state index contributed by atoms with van der Waals surface area (Å²) in [7, 11) is 0. The quantitative estimate of drug-likeness (QED) is 0.196. The largest absolute Gasteiger partial charge is 0.255 e. The zero-order valence-corrected chi connectivity index (χ0v) is 25.5. The van der Waals surface area contributed by atoms with E-state index in [2.05, 4.69) is 65.4 Å². The van der Waals surface area contributed by atoms with Gasteiger partial charge in [-0.1, -0.05) is 53.7 Å². The lowest BCUT2D eigenvalue weighted by atomic mass is 10.0. The van der Waals surface area contributed by atoms with Crippen molar-refractivity contribution in [1.82, 2.24) is 29.9 Å². The lowest BCUT2D eigenvalue weighted by Gasteiger charge is -2.01. The van der Waals surface area contributed by atoms with Gasteiger partial charge in [-0.3, -0.25) is 29.9 Å². The number of hydrogen-bond donors (Lipinski definition) is 0. The molecule has 6 nitrogen and oxygen atoms in total. The average molecular weight is 613 g/mol. The molecule has 0 aliphatic heterocycles. The summed E-state index contributed by atoms with van der Waals surface area (Å²) >= 11 is 0. The molecule has 48 heavy (non-hydrogen) atoms. The van der Waals surface area contributed by atoms with E-state index in [-0.39, 0.29) is 0 Å². The van der Waals surface area contributed by atoms with E-state index < -0.39 is 0 Å². The molecule has 6 aromatic heterocycles. The Morgan fingerprint density at radius 1 is 0.250 bits per heavy atom. The first-order valence-electron chi connectivity index (χ1n) is 15.1. The van der Waals surface area contributed by atoms with Crippen LogP contribution in [0.4, 0.5) is 0 Å². The van der Waals surface area contributed by atoms with Crippen molar-refractivity contribution < 1.29 is 0 Å². The molecule has 0 fully saturated rings. The summed E-state index contributed by atoms with van der Waals surface area (Å²) in [5.41, 5.74) is 9.50. The van der Waals surface area contributed by atoms with Gasteiger partial charge in [0, 0.05) is 70.6 Å². The van der Waals surface area contributed by atoms with E-state index in [1.54, 1.807) is 37.2 Å². The van der Waals surface area contributed by atoms with E-state index in [1.807, 2.05) is 109 Å². The molecular formula is C42H24N6. The Balaban J connectivity index is 1.24. The first kappa shape index (κ1) is 29.5. The maximum atomic E-state index is 4.47. The minimum Gasteiger partial charge on any atom is -0.255 e. The van der Waals surface area contributed by atoms with Gasteiger partial charge in [-0.05, 0) is 91.0 Å². The van der Waals surface area contributed by atoms with Crippen LogP contribution in [0.1, 0.15) is 33.4 Å². The minimum absolute atomic E-state index is 0.762. The average Bonchev–Trinajstić information content (AvgIpc) is 3.17. The maximum absolute atomic E-state index is 4.47. The Hall–Kier alpha value is -7.20. The normalized spacial score (nSPS) is 10.0. The monoisotopic (exact) mass is 612 g/mol. The van der Waals surface area contributed by atoms with Gasteiger partial charge in [0.05, 0.1) is 34.2 Å². The Kier molecular flexibility index (Phi) is 8.77. The molecule has 6 heteroatoms. The van der Waals surface area contributed by atoms with Crippen LogP contribution in [-0.2, 0) is 0 Å². The van der Waals surface area contributed by atoms with E-state index in [9.17, 15) is 0 Å². The van der Waals surface area contributed by atoms with Gasteiger partial charge < -0.3 is 0 Å². The predicted octanol–water partition coefficient (Wildman–Crippen LogP) is 7.26. The van der Waals surface area contributed by atoms with Crippen LogP contribution in [0.3, 0.4) is 0 Å². The number of hydrogen-bond acceptors (Lipinski definition) is 6. The number of benzene rings is 1. The molecule has 7 aromatic rings. The van der Waals surface area contributed by atoms with Crippen LogP contribution in [0.25, 0.3) is 34.2 Å². The minimum atomic E-state index is 0.762. The fourth-order valence-electron chi connectivity index (χ4n) is 4.77. The standard InChI is InChI=1S/C42H24N6/c1-4-19-43-37(7-1)40-28-31(16-22-46-40)10-13-34-25-35(14-11-32-17-23-47-41(29-32)38-8-2-5-20-44-38)27-36(26-34)15-12-33-18-24-48-42(30-33)39-9-3-6-21-45-39/h1-9,16-30H. The highest BCUT2D eigenvalue weighted by Crippen LogP contribution is 2.17. The molecule has 222 valence electrons. The summed E-state index contributed by atoms with van der Waals surface area (Å²) in [5.74, 6) is 19.8. The molecule has 0 atom stereocenters. The summed E-state index contributed by atoms with van der Waals surface area (Å²) < 4.78 is 0. The van der Waals surface area contributed by atoms with Gasteiger partial charge in [0.25, 0.3) is 0 Å². The maximum Gasteiger partial charge on any atom is 0.0898 e. The fraction of sp³-hybridized carbons (Fsp3) is 0. The van der Waals surface area contributed by atoms with Crippen molar-refractivity contribution in [3.63, 3.8) is 0 Å². The summed E-state index contributed by atoms with van der Waals surface area (Å²) in [4.78, 5) is 26.6. The number of rotatable bonds is 3. The van der Waals surface area contributed by atoms with Crippen molar-refractivity contribution in [2.45, 2.75) is 0 Å². The van der Waals surface area contributed by atoms with Gasteiger partial charge in [0.1, 0.15) is 0 Å². The lowest BCUT2D eigenvalue weighted by molar-refractivity contribution is 1.24. The molecule has 0 N–H and O–H groups in total. The highest BCUT2D eigenvalue weighted by molar-refractivity contribution is 5.61. The number of pyridine rings is 6. The molecule has 0 aliphatic rings. The molecule has 0 aliphatic carbocycles. The van der Waals surface area contributed by atoms with E-state index in [0.717, 1.165) is 67.5 Å². The first-order valence-corrected chi connectivity index (χ1v) is 15.1. The first-order chi connectivity index (χ1) is 23.7. The molecule has 0 amide bonds. The van der Waals surface area contributed by atoms with Crippen molar-refractivity contribution in [3.8, 4) is 69.7 Å². The van der Waals surface area contributed by atoms with Crippen LogP contribution in [-0.4, -0.2) is 29.9 Å². The Morgan fingerprint density at radius 2 is 0.542 bits per heavy atom. The van der Waals surface area contributed by atoms with Crippen LogP contribution >= 0.6 is 0 Å². The van der Waals surface area contributed by atoms with Crippen LogP contribution < -0.4 is 0 Å². The third-order valence-corrected chi connectivity index (χ3v) is 7.05. The van der Waals surface area contributed by atoms with Gasteiger partial charge >= 0.3 is 0 Å². The van der Waals surface area contributed by atoms with Crippen LogP contribution in [0.5, 0.6) is 0 Å². The molecule has 0 bridgehead atoms. The molecule has 6 heterocycles. The van der Waals surface area contributed by atoms with E-state index in [0.29, 0.717) is 0 Å². The van der Waals surface area contributed by atoms with Crippen molar-refractivity contribution >= 4 is 0 Å². The van der Waals surface area contributed by atoms with Crippen LogP contribution in [0, 0.1) is 35.5 Å². The zero-order valence-electron chi connectivity index (χ0n) is 25.5. The van der Waals surface area contributed by atoms with Crippen LogP contribution in [0.2, 0.25) is 0 Å². The smallest absolute Gasteiger partial charge is 0.0898 e. The highest BCUT2D eigenvalue weighted by atomic mass is 14.8. The predicted molar refractivity (Wildman–Crippen MR) is 187 cm³/mol. The molecule has 1 aromatic carbocycles. The molecule has 7 rings (SSSR count). The van der Waals surface area contributed by atoms with Crippen molar-refractivity contribution in [2.24, 2.45) is 0 Å². The highest BCUT2D eigenvalue weighted by Gasteiger charge is 2.04. The second-order valence-electron chi connectivity index (χ2n) is 10.5.